The molecular formula is C24H23F3N4O3. The summed E-state index contributed by atoms with van der Waals surface area (Å²) in [6.45, 7) is 4.82. The average Bonchev–Trinajstić information content (AvgIpc) is 3.21. The highest BCUT2D eigenvalue weighted by atomic mass is 19.4. The molecular weight excluding hydrogens is 449 g/mol. The summed E-state index contributed by atoms with van der Waals surface area (Å²) in [6.07, 6.45) is -0.718. The number of alkyl halides is 3. The van der Waals surface area contributed by atoms with Gasteiger partial charge < -0.3 is 18.8 Å². The zero-order valence-electron chi connectivity index (χ0n) is 18.7. The van der Waals surface area contributed by atoms with E-state index < -0.39 is 17.2 Å². The first-order valence-electron chi connectivity index (χ1n) is 11.0. The Labute approximate surface area is 193 Å². The molecule has 1 amide bonds. The Morgan fingerprint density at radius 1 is 1.15 bits per heavy atom. The smallest absolute Gasteiger partial charge is 0.416 e. The van der Waals surface area contributed by atoms with E-state index >= 15 is 0 Å². The molecule has 7 nitrogen and oxygen atoms in total. The summed E-state index contributed by atoms with van der Waals surface area (Å²) in [5.41, 5.74) is 0.111. The van der Waals surface area contributed by atoms with Crippen molar-refractivity contribution >= 4 is 5.91 Å². The number of imidazole rings is 1. The number of hydrogen-bond donors (Lipinski definition) is 0. The summed E-state index contributed by atoms with van der Waals surface area (Å²) in [5, 5.41) is 0. The van der Waals surface area contributed by atoms with Crippen LogP contribution in [0.5, 0.6) is 5.75 Å². The predicted molar refractivity (Wildman–Crippen MR) is 117 cm³/mol. The Bertz CT molecular complexity index is 1340. The third-order valence-electron chi connectivity index (χ3n) is 6.65. The fraction of sp³-hybridized carbons (Fsp3) is 0.375. The van der Waals surface area contributed by atoms with Crippen LogP contribution in [0.2, 0.25) is 0 Å². The van der Waals surface area contributed by atoms with E-state index in [-0.39, 0.29) is 30.2 Å². The molecule has 0 spiro atoms. The van der Waals surface area contributed by atoms with Crippen LogP contribution in [0.25, 0.3) is 5.69 Å². The highest BCUT2D eigenvalue weighted by Gasteiger charge is 2.40. The lowest BCUT2D eigenvalue weighted by Gasteiger charge is -2.41. The van der Waals surface area contributed by atoms with Crippen LogP contribution in [-0.2, 0) is 18.1 Å². The van der Waals surface area contributed by atoms with Crippen molar-refractivity contribution < 1.29 is 22.7 Å². The van der Waals surface area contributed by atoms with Crippen LogP contribution in [0.4, 0.5) is 13.2 Å². The van der Waals surface area contributed by atoms with Crippen molar-refractivity contribution in [2.24, 2.45) is 0 Å². The normalized spacial score (nSPS) is 20.0. The van der Waals surface area contributed by atoms with Crippen LogP contribution in [-0.4, -0.2) is 44.6 Å². The number of fused-ring (bicyclic) bond motifs is 2. The van der Waals surface area contributed by atoms with Crippen molar-refractivity contribution in [2.45, 2.75) is 38.4 Å². The molecule has 34 heavy (non-hydrogen) atoms. The van der Waals surface area contributed by atoms with Gasteiger partial charge in [0, 0.05) is 36.8 Å². The van der Waals surface area contributed by atoms with Crippen molar-refractivity contribution in [1.82, 2.24) is 19.0 Å². The van der Waals surface area contributed by atoms with Crippen molar-refractivity contribution in [2.75, 3.05) is 19.7 Å². The molecule has 1 atom stereocenters. The minimum atomic E-state index is -4.47. The maximum atomic E-state index is 13.3. The minimum absolute atomic E-state index is 0.222. The number of benzene rings is 1. The molecule has 0 saturated heterocycles. The fourth-order valence-electron chi connectivity index (χ4n) is 4.77. The largest absolute Gasteiger partial charge is 0.493 e. The summed E-state index contributed by atoms with van der Waals surface area (Å²) in [5.74, 6) is 0.0843. The van der Waals surface area contributed by atoms with Crippen LogP contribution < -0.4 is 10.3 Å². The van der Waals surface area contributed by atoms with Crippen LogP contribution in [0.3, 0.4) is 0 Å². The van der Waals surface area contributed by atoms with Gasteiger partial charge in [0.2, 0.25) is 0 Å². The summed E-state index contributed by atoms with van der Waals surface area (Å²) >= 11 is 0. The second-order valence-electron chi connectivity index (χ2n) is 9.08. The van der Waals surface area contributed by atoms with Gasteiger partial charge >= 0.3 is 6.18 Å². The Morgan fingerprint density at radius 2 is 1.94 bits per heavy atom. The lowest BCUT2D eigenvalue weighted by atomic mass is 9.76. The molecule has 5 rings (SSSR count). The zero-order chi connectivity index (χ0) is 24.3. The molecule has 2 aliphatic rings. The fourth-order valence-corrected chi connectivity index (χ4v) is 4.77. The van der Waals surface area contributed by atoms with Crippen LogP contribution in [0.15, 0.2) is 47.7 Å². The first-order valence-corrected chi connectivity index (χ1v) is 11.0. The molecule has 0 fully saturated rings. The molecule has 0 aliphatic carbocycles. The van der Waals surface area contributed by atoms with E-state index in [1.165, 1.54) is 10.6 Å². The highest BCUT2D eigenvalue weighted by Crippen LogP contribution is 2.42. The van der Waals surface area contributed by atoms with E-state index in [4.69, 9.17) is 4.74 Å². The molecule has 4 heterocycles. The van der Waals surface area contributed by atoms with Gasteiger partial charge in [-0.1, -0.05) is 6.92 Å². The monoisotopic (exact) mass is 472 g/mol. The maximum Gasteiger partial charge on any atom is 0.416 e. The number of carbonyl (C=O) groups is 1. The van der Waals surface area contributed by atoms with Gasteiger partial charge in [-0.2, -0.15) is 13.2 Å². The van der Waals surface area contributed by atoms with Gasteiger partial charge in [0.25, 0.3) is 11.5 Å². The zero-order valence-corrected chi connectivity index (χ0v) is 18.7. The molecule has 1 unspecified atom stereocenters. The first-order chi connectivity index (χ1) is 16.1. The third-order valence-corrected chi connectivity index (χ3v) is 6.65. The lowest BCUT2D eigenvalue weighted by Crippen LogP contribution is -2.50. The van der Waals surface area contributed by atoms with Gasteiger partial charge in [-0.15, -0.1) is 0 Å². The van der Waals surface area contributed by atoms with E-state index in [1.807, 2.05) is 13.8 Å². The van der Waals surface area contributed by atoms with Crippen LogP contribution in [0, 0.1) is 6.92 Å². The second kappa shape index (κ2) is 7.75. The summed E-state index contributed by atoms with van der Waals surface area (Å²) in [4.78, 5) is 32.1. The number of amides is 1. The average molecular weight is 472 g/mol. The summed E-state index contributed by atoms with van der Waals surface area (Å²) in [7, 11) is 0. The number of rotatable bonds is 3. The van der Waals surface area contributed by atoms with E-state index in [2.05, 4.69) is 4.98 Å². The molecule has 1 aromatic carbocycles. The number of aryl methyl sites for hydroxylation is 1. The van der Waals surface area contributed by atoms with Gasteiger partial charge in [-0.3, -0.25) is 9.59 Å². The molecule has 0 saturated carbocycles. The standard InChI is InChI=1S/C24H23F3N4O3/c1-15-12-30(14-28-15)18-4-5-19-21(32)29(8-9-31(19)22(18)33)13-23(2)7-10-34-20-6-3-16(11-17(20)23)24(25,26)27/h3-6,11-12,14H,7-10,13H2,1-2H3. The molecule has 0 bridgehead atoms. The number of ether oxygens (including phenoxy) is 1. The predicted octanol–water partition coefficient (Wildman–Crippen LogP) is 3.56. The Balaban J connectivity index is 1.46. The van der Waals surface area contributed by atoms with E-state index in [1.54, 1.807) is 34.1 Å². The molecule has 3 aromatic rings. The second-order valence-corrected chi connectivity index (χ2v) is 9.08. The molecule has 2 aliphatic heterocycles. The van der Waals surface area contributed by atoms with Crippen molar-refractivity contribution in [3.8, 4) is 11.4 Å². The van der Waals surface area contributed by atoms with Gasteiger partial charge in [0.1, 0.15) is 17.1 Å². The number of nitrogens with zero attached hydrogens (tertiary/aromatic N) is 4. The number of hydrogen-bond acceptors (Lipinski definition) is 4. The van der Waals surface area contributed by atoms with E-state index in [9.17, 15) is 22.8 Å². The number of halogens is 3. The maximum absolute atomic E-state index is 13.3. The molecule has 2 aromatic heterocycles. The van der Waals surface area contributed by atoms with Crippen molar-refractivity contribution in [3.05, 3.63) is 75.7 Å². The van der Waals surface area contributed by atoms with Gasteiger partial charge in [0.15, 0.2) is 0 Å². The van der Waals surface area contributed by atoms with E-state index in [0.717, 1.165) is 17.8 Å². The van der Waals surface area contributed by atoms with Gasteiger partial charge in [-0.05, 0) is 43.7 Å². The van der Waals surface area contributed by atoms with Gasteiger partial charge in [0.05, 0.1) is 24.2 Å². The number of carbonyl (C=O) groups excluding carboxylic acids is 1. The molecule has 0 radical (unpaired) electrons. The Morgan fingerprint density at radius 3 is 2.65 bits per heavy atom. The molecule has 10 heteroatoms. The Hall–Kier alpha value is -3.56. The minimum Gasteiger partial charge on any atom is -0.493 e. The molecule has 0 N–H and O–H groups in total. The van der Waals surface area contributed by atoms with Gasteiger partial charge in [-0.25, -0.2) is 4.98 Å². The topological polar surface area (TPSA) is 69.4 Å². The van der Waals surface area contributed by atoms with E-state index in [0.29, 0.717) is 36.6 Å². The molecule has 178 valence electrons. The van der Waals surface area contributed by atoms with Crippen LogP contribution in [0.1, 0.15) is 40.7 Å². The first kappa shape index (κ1) is 22.2. The highest BCUT2D eigenvalue weighted by molar-refractivity contribution is 5.93. The lowest BCUT2D eigenvalue weighted by molar-refractivity contribution is -0.137. The third kappa shape index (κ3) is 3.66. The number of pyridine rings is 1. The Kier molecular flexibility index (Phi) is 5.07. The summed E-state index contributed by atoms with van der Waals surface area (Å²) in [6, 6.07) is 6.70. The quantitative estimate of drug-likeness (QED) is 0.585. The van der Waals surface area contributed by atoms with Crippen molar-refractivity contribution in [3.63, 3.8) is 0 Å². The van der Waals surface area contributed by atoms with Crippen molar-refractivity contribution in [1.29, 1.82) is 0 Å². The number of aromatic nitrogens is 3. The summed E-state index contributed by atoms with van der Waals surface area (Å²) < 4.78 is 48.7. The van der Waals surface area contributed by atoms with Crippen LogP contribution >= 0.6 is 0 Å². The SMILES string of the molecule is Cc1cn(-c2ccc3n(c2=O)CCN(CC2(C)CCOc4ccc(C(F)(F)F)cc42)C3=O)cn1.